The van der Waals surface area contributed by atoms with Crippen LogP contribution in [0.1, 0.15) is 48.4 Å². The van der Waals surface area contributed by atoms with Crippen LogP contribution in [0.3, 0.4) is 0 Å². The summed E-state index contributed by atoms with van der Waals surface area (Å²) in [5, 5.41) is 59.1. The molecule has 0 spiro atoms. The number of phenolic OH excluding ortho intramolecular Hbond substituents is 4. The third-order valence-corrected chi connectivity index (χ3v) is 12.3. The van der Waals surface area contributed by atoms with Gasteiger partial charge in [-0.3, -0.25) is 4.90 Å². The fourth-order valence-electron chi connectivity index (χ4n) is 8.25. The van der Waals surface area contributed by atoms with E-state index in [1.165, 1.54) is 16.7 Å². The molecule has 12 heteroatoms. The highest BCUT2D eigenvalue weighted by Crippen LogP contribution is 2.20. The Balaban J connectivity index is 1.27. The van der Waals surface area contributed by atoms with Crippen LogP contribution in [0.5, 0.6) is 23.0 Å². The van der Waals surface area contributed by atoms with E-state index in [1.54, 1.807) is 48.5 Å². The minimum Gasteiger partial charge on any atom is -0.508 e. The Labute approximate surface area is 363 Å². The van der Waals surface area contributed by atoms with Crippen LogP contribution in [0.4, 0.5) is 0 Å². The van der Waals surface area contributed by atoms with E-state index in [2.05, 4.69) is 44.7 Å². The normalized spacial score (nSPS) is 17.0. The summed E-state index contributed by atoms with van der Waals surface area (Å²) < 4.78 is 0. The number of hydrogen-bond acceptors (Lipinski definition) is 12. The SMILES string of the molecule is CCN[C@H](CN[C@H](CN[C@@H](Cc1ccc(O)cc1)CN1CCC[C@H]1CN[C@H](CN[C@H](CN)CCSC)Cc1ccc(O)cc1)Cc1ccc(O)cc1)Cc1ccc(O)cc1. The highest BCUT2D eigenvalue weighted by molar-refractivity contribution is 7.98. The Morgan fingerprint density at radius 1 is 0.583 bits per heavy atom. The maximum atomic E-state index is 10.1. The monoisotopic (exact) mass is 842 g/mol. The predicted molar refractivity (Wildman–Crippen MR) is 249 cm³/mol. The Hall–Kier alpha value is -3.85. The van der Waals surface area contributed by atoms with Crippen molar-refractivity contribution in [2.45, 2.75) is 88.1 Å². The molecule has 60 heavy (non-hydrogen) atoms. The highest BCUT2D eigenvalue weighted by atomic mass is 32.2. The van der Waals surface area contributed by atoms with Crippen LogP contribution in [0, 0.1) is 0 Å². The van der Waals surface area contributed by atoms with E-state index in [0.717, 1.165) is 102 Å². The van der Waals surface area contributed by atoms with Crippen molar-refractivity contribution < 1.29 is 20.4 Å². The van der Waals surface area contributed by atoms with Gasteiger partial charge in [-0.25, -0.2) is 0 Å². The number of hydrogen-bond donors (Lipinski definition) is 10. The minimum atomic E-state index is 0.121. The summed E-state index contributed by atoms with van der Waals surface area (Å²) in [6.07, 6.45) is 8.78. The molecule has 0 unspecified atom stereocenters. The number of likely N-dealkylation sites (N-methyl/N-ethyl adjacent to an activating group) is 1. The maximum Gasteiger partial charge on any atom is 0.115 e. The molecule has 1 saturated heterocycles. The summed E-state index contributed by atoms with van der Waals surface area (Å²) in [6, 6.07) is 31.5. The molecule has 6 atom stereocenters. The zero-order valence-corrected chi connectivity index (χ0v) is 36.6. The number of nitrogens with zero attached hydrogens (tertiary/aromatic N) is 1. The lowest BCUT2D eigenvalue weighted by molar-refractivity contribution is 0.211. The third-order valence-electron chi connectivity index (χ3n) is 11.7. The molecule has 0 radical (unpaired) electrons. The second kappa shape index (κ2) is 25.8. The second-order valence-electron chi connectivity index (χ2n) is 16.5. The van der Waals surface area contributed by atoms with Gasteiger partial charge in [0.05, 0.1) is 0 Å². The summed E-state index contributed by atoms with van der Waals surface area (Å²) in [4.78, 5) is 2.65. The molecule has 1 aliphatic heterocycles. The first-order valence-electron chi connectivity index (χ1n) is 21.9. The molecule has 0 aromatic heterocycles. The number of likely N-dealkylation sites (tertiary alicyclic amines) is 1. The van der Waals surface area contributed by atoms with Crippen LogP contribution < -0.4 is 32.3 Å². The van der Waals surface area contributed by atoms with E-state index in [-0.39, 0.29) is 53.2 Å². The van der Waals surface area contributed by atoms with Gasteiger partial charge in [0.25, 0.3) is 0 Å². The van der Waals surface area contributed by atoms with Crippen LogP contribution in [-0.4, -0.2) is 126 Å². The number of rotatable bonds is 28. The van der Waals surface area contributed by atoms with E-state index >= 15 is 0 Å². The van der Waals surface area contributed by atoms with Crippen LogP contribution >= 0.6 is 11.8 Å². The molecule has 11 nitrogen and oxygen atoms in total. The fourth-order valence-corrected chi connectivity index (χ4v) is 8.77. The summed E-state index contributed by atoms with van der Waals surface area (Å²) in [5.74, 6) is 2.17. The molecule has 0 saturated carbocycles. The van der Waals surface area contributed by atoms with Gasteiger partial charge in [-0.15, -0.1) is 0 Å². The molecular formula is C48H71N7O4S. The Bertz CT molecular complexity index is 1750. The van der Waals surface area contributed by atoms with Crippen molar-refractivity contribution in [1.29, 1.82) is 0 Å². The average molecular weight is 842 g/mol. The summed E-state index contributed by atoms with van der Waals surface area (Å²) in [6.45, 7) is 8.74. The van der Waals surface area contributed by atoms with Crippen molar-refractivity contribution in [3.63, 3.8) is 0 Å². The van der Waals surface area contributed by atoms with Gasteiger partial charge in [-0.05, 0) is 141 Å². The highest BCUT2D eigenvalue weighted by Gasteiger charge is 2.28. The van der Waals surface area contributed by atoms with Crippen LogP contribution in [0.15, 0.2) is 97.1 Å². The molecule has 1 fully saturated rings. The van der Waals surface area contributed by atoms with Gasteiger partial charge in [0.15, 0.2) is 0 Å². The predicted octanol–water partition coefficient (Wildman–Crippen LogP) is 4.77. The summed E-state index contributed by atoms with van der Waals surface area (Å²) in [5.41, 5.74) is 10.9. The molecule has 5 rings (SSSR count). The van der Waals surface area contributed by atoms with Crippen molar-refractivity contribution in [3.8, 4) is 23.0 Å². The lowest BCUT2D eigenvalue weighted by Crippen LogP contribution is -2.53. The first kappa shape index (κ1) is 47.2. The van der Waals surface area contributed by atoms with E-state index in [4.69, 9.17) is 5.73 Å². The Morgan fingerprint density at radius 3 is 1.42 bits per heavy atom. The van der Waals surface area contributed by atoms with Gasteiger partial charge in [-0.1, -0.05) is 55.5 Å². The van der Waals surface area contributed by atoms with Gasteiger partial charge in [0.1, 0.15) is 23.0 Å². The van der Waals surface area contributed by atoms with Crippen LogP contribution in [-0.2, 0) is 25.7 Å². The lowest BCUT2D eigenvalue weighted by atomic mass is 10.0. The number of nitrogens with one attached hydrogen (secondary N) is 5. The summed E-state index contributed by atoms with van der Waals surface area (Å²) >= 11 is 1.85. The van der Waals surface area contributed by atoms with E-state index < -0.39 is 0 Å². The molecule has 328 valence electrons. The smallest absolute Gasteiger partial charge is 0.115 e. The largest absolute Gasteiger partial charge is 0.508 e. The first-order chi connectivity index (χ1) is 29.2. The van der Waals surface area contributed by atoms with Crippen molar-refractivity contribution in [2.75, 3.05) is 64.4 Å². The van der Waals surface area contributed by atoms with Crippen LogP contribution in [0.2, 0.25) is 0 Å². The fraction of sp³-hybridized carbons (Fsp3) is 0.500. The molecular weight excluding hydrogens is 771 g/mol. The summed E-state index contributed by atoms with van der Waals surface area (Å²) in [7, 11) is 0. The molecule has 1 aliphatic rings. The van der Waals surface area contributed by atoms with E-state index in [0.29, 0.717) is 12.6 Å². The van der Waals surface area contributed by atoms with Gasteiger partial charge >= 0.3 is 0 Å². The van der Waals surface area contributed by atoms with Crippen molar-refractivity contribution in [3.05, 3.63) is 119 Å². The number of nitrogens with two attached hydrogens (primary N) is 1. The van der Waals surface area contributed by atoms with Crippen LogP contribution in [0.25, 0.3) is 0 Å². The molecule has 0 aliphatic carbocycles. The average Bonchev–Trinajstić information content (AvgIpc) is 3.70. The number of thioether (sulfide) groups is 1. The molecule has 4 aromatic carbocycles. The second-order valence-corrected chi connectivity index (χ2v) is 17.5. The number of benzene rings is 4. The minimum absolute atomic E-state index is 0.121. The topological polar surface area (TPSA) is 170 Å². The van der Waals surface area contributed by atoms with Gasteiger partial charge in [0.2, 0.25) is 0 Å². The molecule has 0 amide bonds. The lowest BCUT2D eigenvalue weighted by Gasteiger charge is -2.33. The zero-order valence-electron chi connectivity index (χ0n) is 35.7. The molecule has 0 bridgehead atoms. The van der Waals surface area contributed by atoms with E-state index in [1.807, 2.05) is 60.3 Å². The Morgan fingerprint density at radius 2 is 0.983 bits per heavy atom. The quantitative estimate of drug-likeness (QED) is 0.0381. The van der Waals surface area contributed by atoms with E-state index in [9.17, 15) is 20.4 Å². The number of phenols is 4. The van der Waals surface area contributed by atoms with Crippen molar-refractivity contribution in [1.82, 2.24) is 31.5 Å². The number of aromatic hydroxyl groups is 4. The Kier molecular flexibility index (Phi) is 20.3. The third kappa shape index (κ3) is 16.9. The zero-order chi connectivity index (χ0) is 42.5. The van der Waals surface area contributed by atoms with Gasteiger partial charge in [-0.2, -0.15) is 11.8 Å². The molecule has 4 aromatic rings. The van der Waals surface area contributed by atoms with Gasteiger partial charge in [0, 0.05) is 75.5 Å². The maximum absolute atomic E-state index is 10.1. The molecule has 1 heterocycles. The molecule has 11 N–H and O–H groups in total. The first-order valence-corrected chi connectivity index (χ1v) is 23.3. The standard InChI is InChI=1S/C48H71N7O4S/c1-3-50-40(25-35-6-14-45(56)15-7-35)30-52-41(26-36-8-16-46(57)17-9-36)32-53-43(28-38-12-20-48(59)21-13-38)34-55-23-4-5-44(55)33-54-42(27-37-10-18-47(58)19-11-37)31-51-39(29-49)22-24-60-2/h6-21,39-44,50-54,56-59H,3-5,22-34,49H2,1-2H3/t39-,40-,41-,42-,43-,44-/m0/s1. The van der Waals surface area contributed by atoms with Crippen molar-refractivity contribution in [2.24, 2.45) is 5.73 Å². The van der Waals surface area contributed by atoms with Crippen molar-refractivity contribution >= 4 is 11.8 Å². The van der Waals surface area contributed by atoms with Gasteiger partial charge < -0.3 is 52.7 Å².